The third kappa shape index (κ3) is 3.66. The summed E-state index contributed by atoms with van der Waals surface area (Å²) in [5, 5.41) is 0. The van der Waals surface area contributed by atoms with Crippen LogP contribution in [0.3, 0.4) is 0 Å². The minimum atomic E-state index is 0.391. The molecule has 0 N–H and O–H groups in total. The Kier molecular flexibility index (Phi) is 5.57. The van der Waals surface area contributed by atoms with Crippen LogP contribution in [0.5, 0.6) is 0 Å². The Bertz CT molecular complexity index is 326. The maximum atomic E-state index is 12.5. The van der Waals surface area contributed by atoms with Gasteiger partial charge in [0.25, 0.3) is 0 Å². The van der Waals surface area contributed by atoms with Crippen LogP contribution in [-0.2, 0) is 4.79 Å². The number of hydrogen-bond donors (Lipinski definition) is 0. The van der Waals surface area contributed by atoms with E-state index in [1.165, 1.54) is 55.1 Å². The van der Waals surface area contributed by atoms with Crippen molar-refractivity contribution in [1.29, 1.82) is 0 Å². The second-order valence-corrected chi connectivity index (χ2v) is 8.45. The summed E-state index contributed by atoms with van der Waals surface area (Å²) in [4.78, 5) is 17.2. The van der Waals surface area contributed by atoms with Crippen molar-refractivity contribution in [2.75, 3.05) is 42.6 Å². The first-order valence-electron chi connectivity index (χ1n) is 8.03. The number of hydrogen-bond acceptors (Lipinski definition) is 4. The van der Waals surface area contributed by atoms with Crippen LogP contribution in [0.4, 0.5) is 0 Å². The van der Waals surface area contributed by atoms with Crippen LogP contribution < -0.4 is 0 Å². The van der Waals surface area contributed by atoms with E-state index in [1.807, 2.05) is 0 Å². The Morgan fingerprint density at radius 1 is 0.900 bits per heavy atom. The molecule has 1 amide bonds. The molecule has 1 aliphatic carbocycles. The van der Waals surface area contributed by atoms with Crippen molar-refractivity contribution in [3.05, 3.63) is 0 Å². The third-order valence-electron chi connectivity index (χ3n) is 4.81. The molecular formula is C15H26N2OS2. The molecule has 0 unspecified atom stereocenters. The summed E-state index contributed by atoms with van der Waals surface area (Å²) in [5.74, 6) is 5.37. The van der Waals surface area contributed by atoms with Crippen molar-refractivity contribution >= 4 is 29.4 Å². The van der Waals surface area contributed by atoms with Gasteiger partial charge in [0.05, 0.1) is 6.54 Å². The van der Waals surface area contributed by atoms with E-state index >= 15 is 0 Å². The molecule has 114 valence electrons. The lowest BCUT2D eigenvalue weighted by Crippen LogP contribution is -2.57. The molecule has 1 saturated carbocycles. The fourth-order valence-electron chi connectivity index (χ4n) is 3.61. The standard InChI is InChI=1S/C15H26N2OS2/c18-15-10-16(14-11-19-8-9-20-12-14)6-7-17(15)13-4-2-1-3-5-13/h13-14H,1-12H2. The fourth-order valence-corrected chi connectivity index (χ4v) is 6.24. The Labute approximate surface area is 131 Å². The molecule has 0 aromatic carbocycles. The highest BCUT2D eigenvalue weighted by Gasteiger charge is 2.33. The lowest BCUT2D eigenvalue weighted by atomic mass is 9.93. The Balaban J connectivity index is 1.54. The molecule has 3 nitrogen and oxygen atoms in total. The van der Waals surface area contributed by atoms with Crippen molar-refractivity contribution in [3.63, 3.8) is 0 Å². The van der Waals surface area contributed by atoms with Crippen molar-refractivity contribution in [3.8, 4) is 0 Å². The third-order valence-corrected chi connectivity index (χ3v) is 7.30. The van der Waals surface area contributed by atoms with E-state index in [-0.39, 0.29) is 0 Å². The van der Waals surface area contributed by atoms with E-state index in [1.54, 1.807) is 0 Å². The monoisotopic (exact) mass is 314 g/mol. The quantitative estimate of drug-likeness (QED) is 0.780. The predicted octanol–water partition coefficient (Wildman–Crippen LogP) is 2.31. The summed E-state index contributed by atoms with van der Waals surface area (Å²) < 4.78 is 0. The average molecular weight is 315 g/mol. The van der Waals surface area contributed by atoms with Crippen LogP contribution >= 0.6 is 23.5 Å². The molecule has 3 fully saturated rings. The number of thioether (sulfide) groups is 2. The number of piperazine rings is 1. The number of amides is 1. The van der Waals surface area contributed by atoms with E-state index in [9.17, 15) is 4.79 Å². The number of carbonyl (C=O) groups excluding carboxylic acids is 1. The lowest BCUT2D eigenvalue weighted by Gasteiger charge is -2.42. The molecular weight excluding hydrogens is 288 g/mol. The van der Waals surface area contributed by atoms with Crippen LogP contribution in [0.2, 0.25) is 0 Å². The fraction of sp³-hybridized carbons (Fsp3) is 0.933. The van der Waals surface area contributed by atoms with Gasteiger partial charge in [-0.1, -0.05) is 19.3 Å². The second-order valence-electron chi connectivity index (χ2n) is 6.15. The highest BCUT2D eigenvalue weighted by molar-refractivity contribution is 8.03. The largest absolute Gasteiger partial charge is 0.337 e. The molecule has 0 radical (unpaired) electrons. The van der Waals surface area contributed by atoms with Gasteiger partial charge in [0.2, 0.25) is 5.91 Å². The molecule has 0 aromatic rings. The highest BCUT2D eigenvalue weighted by atomic mass is 32.2. The van der Waals surface area contributed by atoms with Crippen molar-refractivity contribution in [2.45, 2.75) is 44.2 Å². The summed E-state index contributed by atoms with van der Waals surface area (Å²) in [6.07, 6.45) is 6.46. The summed E-state index contributed by atoms with van der Waals surface area (Å²) in [5.41, 5.74) is 0. The van der Waals surface area contributed by atoms with Crippen LogP contribution in [-0.4, -0.2) is 70.4 Å². The molecule has 5 heteroatoms. The van der Waals surface area contributed by atoms with E-state index in [2.05, 4.69) is 33.3 Å². The average Bonchev–Trinajstić information content (AvgIpc) is 2.77. The molecule has 20 heavy (non-hydrogen) atoms. The first kappa shape index (κ1) is 15.0. The first-order valence-corrected chi connectivity index (χ1v) is 10.3. The molecule has 0 aromatic heterocycles. The van der Waals surface area contributed by atoms with Gasteiger partial charge in [0, 0.05) is 48.2 Å². The molecule has 0 atom stereocenters. The van der Waals surface area contributed by atoms with E-state index in [4.69, 9.17) is 0 Å². The highest BCUT2D eigenvalue weighted by Crippen LogP contribution is 2.26. The molecule has 3 rings (SSSR count). The van der Waals surface area contributed by atoms with Crippen molar-refractivity contribution in [2.24, 2.45) is 0 Å². The van der Waals surface area contributed by atoms with Crippen LogP contribution in [0.15, 0.2) is 0 Å². The molecule has 2 heterocycles. The summed E-state index contributed by atoms with van der Waals surface area (Å²) in [6.45, 7) is 2.73. The number of rotatable bonds is 2. The van der Waals surface area contributed by atoms with Crippen molar-refractivity contribution in [1.82, 2.24) is 9.80 Å². The summed E-state index contributed by atoms with van der Waals surface area (Å²) >= 11 is 4.12. The summed E-state index contributed by atoms with van der Waals surface area (Å²) in [6, 6.07) is 1.17. The minimum absolute atomic E-state index is 0.391. The van der Waals surface area contributed by atoms with Gasteiger partial charge in [-0.25, -0.2) is 0 Å². The van der Waals surface area contributed by atoms with Gasteiger partial charge in [-0.3, -0.25) is 9.69 Å². The normalized spacial score (nSPS) is 28.6. The Hall–Kier alpha value is 0.130. The van der Waals surface area contributed by atoms with Gasteiger partial charge in [-0.2, -0.15) is 23.5 Å². The SMILES string of the molecule is O=C1CN(C2CSCCSC2)CCN1C1CCCCC1. The smallest absolute Gasteiger partial charge is 0.237 e. The summed E-state index contributed by atoms with van der Waals surface area (Å²) in [7, 11) is 0. The zero-order valence-corrected chi connectivity index (χ0v) is 13.9. The van der Waals surface area contributed by atoms with E-state index in [0.29, 0.717) is 24.5 Å². The van der Waals surface area contributed by atoms with Crippen LogP contribution in [0.25, 0.3) is 0 Å². The van der Waals surface area contributed by atoms with Crippen molar-refractivity contribution < 1.29 is 4.79 Å². The zero-order chi connectivity index (χ0) is 13.8. The molecule has 2 aliphatic heterocycles. The van der Waals surface area contributed by atoms with Gasteiger partial charge >= 0.3 is 0 Å². The number of carbonyl (C=O) groups is 1. The zero-order valence-electron chi connectivity index (χ0n) is 12.3. The minimum Gasteiger partial charge on any atom is -0.337 e. The van der Waals surface area contributed by atoms with Gasteiger partial charge in [-0.15, -0.1) is 0 Å². The van der Waals surface area contributed by atoms with E-state index < -0.39 is 0 Å². The number of nitrogens with zero attached hydrogens (tertiary/aromatic N) is 2. The van der Waals surface area contributed by atoms with Gasteiger partial charge in [0.1, 0.15) is 0 Å². The second kappa shape index (κ2) is 7.41. The maximum Gasteiger partial charge on any atom is 0.237 e. The van der Waals surface area contributed by atoms with Gasteiger partial charge in [0.15, 0.2) is 0 Å². The van der Waals surface area contributed by atoms with Crippen LogP contribution in [0.1, 0.15) is 32.1 Å². The predicted molar refractivity (Wildman–Crippen MR) is 88.6 cm³/mol. The maximum absolute atomic E-state index is 12.5. The van der Waals surface area contributed by atoms with E-state index in [0.717, 1.165) is 13.1 Å². The first-order chi connectivity index (χ1) is 9.84. The molecule has 3 aliphatic rings. The molecule has 0 spiro atoms. The van der Waals surface area contributed by atoms with Gasteiger partial charge < -0.3 is 4.90 Å². The topological polar surface area (TPSA) is 23.6 Å². The molecule has 2 saturated heterocycles. The Morgan fingerprint density at radius 3 is 2.25 bits per heavy atom. The lowest BCUT2D eigenvalue weighted by molar-refractivity contribution is -0.140. The van der Waals surface area contributed by atoms with Crippen LogP contribution in [0, 0.1) is 0 Å². The van der Waals surface area contributed by atoms with Gasteiger partial charge in [-0.05, 0) is 12.8 Å². The Morgan fingerprint density at radius 2 is 1.60 bits per heavy atom. The molecule has 0 bridgehead atoms.